The van der Waals surface area contributed by atoms with Crippen LogP contribution in [0.2, 0.25) is 0 Å². The van der Waals surface area contributed by atoms with Crippen molar-refractivity contribution in [3.63, 3.8) is 0 Å². The van der Waals surface area contributed by atoms with Gasteiger partial charge in [0.15, 0.2) is 0 Å². The molecule has 0 aliphatic heterocycles. The Morgan fingerprint density at radius 3 is 2.08 bits per heavy atom. The van der Waals surface area contributed by atoms with Crippen molar-refractivity contribution in [3.05, 3.63) is 83.4 Å². The molecule has 0 aliphatic rings. The van der Waals surface area contributed by atoms with Crippen LogP contribution in [0.25, 0.3) is 22.3 Å². The zero-order valence-electron chi connectivity index (χ0n) is 24.5. The van der Waals surface area contributed by atoms with Gasteiger partial charge in [0.1, 0.15) is 0 Å². The number of carboxylic acids is 1. The maximum atomic E-state index is 12.5. The molecule has 0 aliphatic carbocycles. The minimum atomic E-state index is -0.867. The lowest BCUT2D eigenvalue weighted by Crippen LogP contribution is -2.09. The van der Waals surface area contributed by atoms with Crippen molar-refractivity contribution in [1.29, 1.82) is 0 Å². The molecule has 3 aromatic rings. The molecule has 0 fully saturated rings. The van der Waals surface area contributed by atoms with Crippen LogP contribution in [0.3, 0.4) is 0 Å². The molecule has 0 aromatic heterocycles. The van der Waals surface area contributed by atoms with Gasteiger partial charge in [-0.3, -0.25) is 0 Å². The summed E-state index contributed by atoms with van der Waals surface area (Å²) in [7, 11) is 0. The average Bonchev–Trinajstić information content (AvgIpc) is 2.96. The highest BCUT2D eigenvalue weighted by atomic mass is 16.5. The van der Waals surface area contributed by atoms with E-state index in [9.17, 15) is 9.90 Å². The Kier molecular flexibility index (Phi) is 12.8. The van der Waals surface area contributed by atoms with Gasteiger partial charge in [0.2, 0.25) is 0 Å². The smallest absolute Gasteiger partial charge is 0.336 e. The van der Waals surface area contributed by atoms with E-state index in [0.717, 1.165) is 60.1 Å². The number of benzene rings is 3. The molecule has 2 atom stereocenters. The molecule has 0 saturated heterocycles. The summed E-state index contributed by atoms with van der Waals surface area (Å²) in [5.74, 6) is -0.564. The summed E-state index contributed by atoms with van der Waals surface area (Å²) in [6.07, 6.45) is 11.8. The normalized spacial score (nSPS) is 12.8. The van der Waals surface area contributed by atoms with Gasteiger partial charge >= 0.3 is 5.97 Å². The zero-order valence-corrected chi connectivity index (χ0v) is 24.5. The molecular formula is C36H48O3. The quantitative estimate of drug-likeness (QED) is 0.177. The summed E-state index contributed by atoms with van der Waals surface area (Å²) in [4.78, 5) is 12.5. The molecule has 0 saturated carbocycles. The number of hydrogen-bond acceptors (Lipinski definition) is 2. The summed E-state index contributed by atoms with van der Waals surface area (Å²) in [5.41, 5.74) is 6.90. The largest absolute Gasteiger partial charge is 0.478 e. The highest BCUT2D eigenvalue weighted by Gasteiger charge is 2.25. The van der Waals surface area contributed by atoms with E-state index in [1.54, 1.807) is 6.07 Å². The van der Waals surface area contributed by atoms with Crippen LogP contribution in [0.1, 0.15) is 125 Å². The van der Waals surface area contributed by atoms with Gasteiger partial charge in [-0.25, -0.2) is 4.79 Å². The van der Waals surface area contributed by atoms with Crippen molar-refractivity contribution in [2.24, 2.45) is 0 Å². The van der Waals surface area contributed by atoms with Gasteiger partial charge in [0.05, 0.1) is 11.7 Å². The van der Waals surface area contributed by atoms with Crippen molar-refractivity contribution < 1.29 is 14.6 Å². The standard InChI is InChI=1S/C36H48O3/c1-5-8-9-10-11-13-17-30(16-6-2)34-32(29-22-20-28(21-23-29)27(4)39-26-7-3)24-25-33(36(37)38)35(34)31-18-14-12-15-19-31/h12,14-15,18-25,27,30H,5-11,13,16-17,26H2,1-4H3,(H,37,38). The minimum Gasteiger partial charge on any atom is -0.478 e. The number of rotatable bonds is 17. The van der Waals surface area contributed by atoms with Gasteiger partial charge in [-0.15, -0.1) is 0 Å². The maximum Gasteiger partial charge on any atom is 0.336 e. The average molecular weight is 529 g/mol. The number of carboxylic acid groups (broad SMARTS) is 1. The van der Waals surface area contributed by atoms with Crippen LogP contribution in [0.5, 0.6) is 0 Å². The van der Waals surface area contributed by atoms with Crippen LogP contribution in [-0.4, -0.2) is 17.7 Å². The van der Waals surface area contributed by atoms with Gasteiger partial charge in [-0.2, -0.15) is 0 Å². The van der Waals surface area contributed by atoms with Gasteiger partial charge in [-0.1, -0.05) is 126 Å². The second-order valence-electron chi connectivity index (χ2n) is 10.8. The predicted molar refractivity (Wildman–Crippen MR) is 165 cm³/mol. The Morgan fingerprint density at radius 1 is 0.744 bits per heavy atom. The molecule has 1 N–H and O–H groups in total. The summed E-state index contributed by atoms with van der Waals surface area (Å²) < 4.78 is 5.95. The van der Waals surface area contributed by atoms with Crippen molar-refractivity contribution in [2.75, 3.05) is 6.61 Å². The fourth-order valence-corrected chi connectivity index (χ4v) is 5.67. The van der Waals surface area contributed by atoms with Crippen LogP contribution >= 0.6 is 0 Å². The number of unbranched alkanes of at least 4 members (excludes halogenated alkanes) is 5. The molecule has 3 aromatic carbocycles. The molecule has 0 bridgehead atoms. The first-order valence-electron chi connectivity index (χ1n) is 15.2. The first-order chi connectivity index (χ1) is 19.0. The van der Waals surface area contributed by atoms with Crippen molar-refractivity contribution in [3.8, 4) is 22.3 Å². The summed E-state index contributed by atoms with van der Waals surface area (Å²) in [6.45, 7) is 9.47. The van der Waals surface area contributed by atoms with Crippen LogP contribution in [0.4, 0.5) is 0 Å². The predicted octanol–water partition coefficient (Wildman–Crippen LogP) is 10.8. The Hall–Kier alpha value is -2.91. The highest BCUT2D eigenvalue weighted by molar-refractivity contribution is 5.99. The fourth-order valence-electron chi connectivity index (χ4n) is 5.67. The third kappa shape index (κ3) is 8.54. The van der Waals surface area contributed by atoms with E-state index in [1.165, 1.54) is 44.1 Å². The van der Waals surface area contributed by atoms with Crippen molar-refractivity contribution in [1.82, 2.24) is 0 Å². The second kappa shape index (κ2) is 16.3. The maximum absolute atomic E-state index is 12.5. The van der Waals surface area contributed by atoms with Crippen LogP contribution < -0.4 is 0 Å². The van der Waals surface area contributed by atoms with Crippen LogP contribution in [0.15, 0.2) is 66.7 Å². The fraction of sp³-hybridized carbons (Fsp3) is 0.472. The molecule has 2 unspecified atom stereocenters. The molecule has 0 spiro atoms. The number of aromatic carboxylic acids is 1. The number of hydrogen-bond donors (Lipinski definition) is 1. The van der Waals surface area contributed by atoms with Crippen molar-refractivity contribution >= 4 is 5.97 Å². The Balaban J connectivity index is 2.10. The van der Waals surface area contributed by atoms with E-state index in [4.69, 9.17) is 4.74 Å². The van der Waals surface area contributed by atoms with E-state index < -0.39 is 5.97 Å². The molecule has 3 heteroatoms. The second-order valence-corrected chi connectivity index (χ2v) is 10.8. The molecule has 0 heterocycles. The summed E-state index contributed by atoms with van der Waals surface area (Å²) in [5, 5.41) is 10.3. The molecular weight excluding hydrogens is 480 g/mol. The van der Waals surface area contributed by atoms with E-state index in [1.807, 2.05) is 24.3 Å². The third-order valence-corrected chi connectivity index (χ3v) is 7.75. The van der Waals surface area contributed by atoms with Gasteiger partial charge in [0, 0.05) is 12.2 Å². The van der Waals surface area contributed by atoms with Crippen LogP contribution in [0, 0.1) is 0 Å². The Labute approximate surface area is 236 Å². The van der Waals surface area contributed by atoms with E-state index in [2.05, 4.69) is 64.1 Å². The summed E-state index contributed by atoms with van der Waals surface area (Å²) >= 11 is 0. The molecule has 0 amide bonds. The highest BCUT2D eigenvalue weighted by Crippen LogP contribution is 2.43. The monoisotopic (exact) mass is 528 g/mol. The minimum absolute atomic E-state index is 0.0493. The van der Waals surface area contributed by atoms with E-state index in [0.29, 0.717) is 11.5 Å². The van der Waals surface area contributed by atoms with Gasteiger partial charge < -0.3 is 9.84 Å². The van der Waals surface area contributed by atoms with Crippen LogP contribution in [-0.2, 0) is 4.74 Å². The number of carbonyl (C=O) groups is 1. The van der Waals surface area contributed by atoms with Crippen molar-refractivity contribution in [2.45, 2.75) is 104 Å². The summed E-state index contributed by atoms with van der Waals surface area (Å²) in [6, 6.07) is 22.7. The lowest BCUT2D eigenvalue weighted by atomic mass is 9.78. The topological polar surface area (TPSA) is 46.5 Å². The molecule has 0 radical (unpaired) electrons. The lowest BCUT2D eigenvalue weighted by Gasteiger charge is -2.26. The third-order valence-electron chi connectivity index (χ3n) is 7.75. The van der Waals surface area contributed by atoms with E-state index in [-0.39, 0.29) is 6.10 Å². The molecule has 39 heavy (non-hydrogen) atoms. The zero-order chi connectivity index (χ0) is 28.0. The number of ether oxygens (including phenoxy) is 1. The Bertz CT molecular complexity index is 1130. The SMILES string of the molecule is CCCCCCCCC(CCC)c1c(-c2ccc(C(C)OCCC)cc2)ccc(C(=O)O)c1-c1ccccc1. The Morgan fingerprint density at radius 2 is 1.44 bits per heavy atom. The van der Waals surface area contributed by atoms with E-state index >= 15 is 0 Å². The lowest BCUT2D eigenvalue weighted by molar-refractivity contribution is 0.0662. The molecule has 210 valence electrons. The van der Waals surface area contributed by atoms with Gasteiger partial charge in [0.25, 0.3) is 0 Å². The first kappa shape index (κ1) is 30.6. The first-order valence-corrected chi connectivity index (χ1v) is 15.2. The molecule has 3 rings (SSSR count). The molecule has 3 nitrogen and oxygen atoms in total. The van der Waals surface area contributed by atoms with Gasteiger partial charge in [-0.05, 0) is 66.0 Å².